The average molecular weight is 443 g/mol. The van der Waals surface area contributed by atoms with Gasteiger partial charge in [0, 0.05) is 11.5 Å². The van der Waals surface area contributed by atoms with Gasteiger partial charge in [0.05, 0.1) is 24.5 Å². The zero-order valence-electron chi connectivity index (χ0n) is 17.4. The Kier molecular flexibility index (Phi) is 5.47. The molecule has 1 N–H and O–H groups in total. The summed E-state index contributed by atoms with van der Waals surface area (Å²) in [5, 5.41) is 3.61. The van der Waals surface area contributed by atoms with E-state index in [0.29, 0.717) is 18.8 Å². The summed E-state index contributed by atoms with van der Waals surface area (Å²) in [7, 11) is 0. The molecule has 2 saturated heterocycles. The van der Waals surface area contributed by atoms with E-state index in [2.05, 4.69) is 22.2 Å². The van der Waals surface area contributed by atoms with Crippen molar-refractivity contribution < 1.29 is 27.1 Å². The number of alkyl halides is 3. The van der Waals surface area contributed by atoms with Crippen LogP contribution in [-0.4, -0.2) is 25.1 Å². The van der Waals surface area contributed by atoms with E-state index in [1.54, 1.807) is 18.4 Å². The van der Waals surface area contributed by atoms with Crippen molar-refractivity contribution in [1.29, 1.82) is 0 Å². The van der Waals surface area contributed by atoms with Crippen molar-refractivity contribution in [2.75, 3.05) is 13.2 Å². The predicted molar refractivity (Wildman–Crippen MR) is 113 cm³/mol. The number of hydrogen-bond donors (Lipinski definition) is 1. The average Bonchev–Trinajstić information content (AvgIpc) is 3.45. The van der Waals surface area contributed by atoms with E-state index in [4.69, 9.17) is 9.15 Å². The van der Waals surface area contributed by atoms with E-state index in [0.717, 1.165) is 36.1 Å². The maximum atomic E-state index is 12.9. The minimum atomic E-state index is -4.75. The van der Waals surface area contributed by atoms with E-state index >= 15 is 0 Å². The van der Waals surface area contributed by atoms with Crippen LogP contribution in [0.5, 0.6) is 5.75 Å². The molecule has 3 aromatic rings. The van der Waals surface area contributed by atoms with Crippen molar-refractivity contribution in [1.82, 2.24) is 5.32 Å². The van der Waals surface area contributed by atoms with E-state index in [1.807, 2.05) is 24.3 Å². The molecule has 2 aliphatic rings. The maximum Gasteiger partial charge on any atom is 0.573 e. The zero-order valence-corrected chi connectivity index (χ0v) is 17.4. The topological polar surface area (TPSA) is 43.6 Å². The van der Waals surface area contributed by atoms with E-state index in [1.165, 1.54) is 12.1 Å². The van der Waals surface area contributed by atoms with Crippen LogP contribution in [0, 0.1) is 0 Å². The van der Waals surface area contributed by atoms with Crippen LogP contribution in [0.15, 0.2) is 71.3 Å². The van der Waals surface area contributed by atoms with Gasteiger partial charge in [0.1, 0.15) is 11.5 Å². The van der Waals surface area contributed by atoms with E-state index in [9.17, 15) is 13.2 Å². The molecule has 0 saturated carbocycles. The van der Waals surface area contributed by atoms with Gasteiger partial charge in [0.25, 0.3) is 0 Å². The summed E-state index contributed by atoms with van der Waals surface area (Å²) in [5.74, 6) is 0.295. The first-order valence-corrected chi connectivity index (χ1v) is 10.8. The fraction of sp³-hybridized carbons (Fsp3) is 0.360. The Morgan fingerprint density at radius 2 is 1.88 bits per heavy atom. The minimum absolute atomic E-state index is 0.0316. The highest BCUT2D eigenvalue weighted by Crippen LogP contribution is 2.50. The molecule has 0 bridgehead atoms. The van der Waals surface area contributed by atoms with Crippen LogP contribution in [0.1, 0.15) is 42.3 Å². The van der Waals surface area contributed by atoms with Gasteiger partial charge < -0.3 is 19.2 Å². The number of rotatable bonds is 4. The smallest absolute Gasteiger partial charge is 0.464 e. The standard InChI is InChI=1S/C25H24F3NO3/c26-25(27,28)32-19-9-10-20(22-8-4-13-30-22)21(14-19)18-15-24(31-16-18)11-5-12-29-23(24)17-6-2-1-3-7-17/h1-4,6-10,13-14,18,23,29H,5,11-12,15-16H2/t18?,23-,24?/m0/s1. The van der Waals surface area contributed by atoms with Gasteiger partial charge in [-0.25, -0.2) is 0 Å². The highest BCUT2D eigenvalue weighted by molar-refractivity contribution is 5.65. The van der Waals surface area contributed by atoms with Gasteiger partial charge in [-0.15, -0.1) is 13.2 Å². The molecular formula is C25H24F3NO3. The Morgan fingerprint density at radius 1 is 1.03 bits per heavy atom. The summed E-state index contributed by atoms with van der Waals surface area (Å²) in [6, 6.07) is 18.2. The first kappa shape index (κ1) is 21.1. The second-order valence-corrected chi connectivity index (χ2v) is 8.45. The zero-order chi connectivity index (χ0) is 22.2. The summed E-state index contributed by atoms with van der Waals surface area (Å²) >= 11 is 0. The van der Waals surface area contributed by atoms with Crippen molar-refractivity contribution in [3.05, 3.63) is 78.1 Å². The summed E-state index contributed by atoms with van der Waals surface area (Å²) in [6.07, 6.45) is -0.614. The van der Waals surface area contributed by atoms with Gasteiger partial charge in [0.2, 0.25) is 0 Å². The number of ether oxygens (including phenoxy) is 2. The van der Waals surface area contributed by atoms with Gasteiger partial charge >= 0.3 is 6.36 Å². The van der Waals surface area contributed by atoms with Gasteiger partial charge in [-0.1, -0.05) is 30.3 Å². The second kappa shape index (κ2) is 8.30. The quantitative estimate of drug-likeness (QED) is 0.521. The van der Waals surface area contributed by atoms with Crippen LogP contribution < -0.4 is 10.1 Å². The van der Waals surface area contributed by atoms with Crippen LogP contribution in [0.4, 0.5) is 13.2 Å². The fourth-order valence-corrected chi connectivity index (χ4v) is 5.14. The molecule has 168 valence electrons. The molecule has 0 aliphatic carbocycles. The number of halogens is 3. The number of hydrogen-bond acceptors (Lipinski definition) is 4. The van der Waals surface area contributed by atoms with Crippen LogP contribution in [0.2, 0.25) is 0 Å². The summed E-state index contributed by atoms with van der Waals surface area (Å²) in [4.78, 5) is 0. The van der Waals surface area contributed by atoms with Crippen LogP contribution in [0.25, 0.3) is 11.3 Å². The Balaban J connectivity index is 1.50. The molecule has 3 atom stereocenters. The molecular weight excluding hydrogens is 419 g/mol. The van der Waals surface area contributed by atoms with Crippen molar-refractivity contribution in [3.8, 4) is 17.1 Å². The van der Waals surface area contributed by atoms with E-state index in [-0.39, 0.29) is 17.7 Å². The molecule has 1 spiro atoms. The van der Waals surface area contributed by atoms with Crippen molar-refractivity contribution >= 4 is 0 Å². The minimum Gasteiger partial charge on any atom is -0.464 e. The van der Waals surface area contributed by atoms with Crippen LogP contribution >= 0.6 is 0 Å². The lowest BCUT2D eigenvalue weighted by molar-refractivity contribution is -0.274. The largest absolute Gasteiger partial charge is 0.573 e. The van der Waals surface area contributed by atoms with Crippen LogP contribution in [-0.2, 0) is 4.74 Å². The Hall–Kier alpha value is -2.77. The summed E-state index contributed by atoms with van der Waals surface area (Å²) < 4.78 is 54.9. The Labute approximate surface area is 184 Å². The molecule has 7 heteroatoms. The molecule has 5 rings (SSSR count). The van der Waals surface area contributed by atoms with Crippen LogP contribution in [0.3, 0.4) is 0 Å². The third kappa shape index (κ3) is 4.14. The molecule has 4 nitrogen and oxygen atoms in total. The number of nitrogens with one attached hydrogen (secondary N) is 1. The first-order valence-electron chi connectivity index (χ1n) is 10.8. The molecule has 2 fully saturated rings. The lowest BCUT2D eigenvalue weighted by Gasteiger charge is -2.41. The Morgan fingerprint density at radius 3 is 2.62 bits per heavy atom. The molecule has 0 amide bonds. The summed E-state index contributed by atoms with van der Waals surface area (Å²) in [6.45, 7) is 1.33. The van der Waals surface area contributed by atoms with Crippen molar-refractivity contribution in [3.63, 3.8) is 0 Å². The highest BCUT2D eigenvalue weighted by Gasteiger charge is 2.49. The lowest BCUT2D eigenvalue weighted by Crippen LogP contribution is -2.48. The first-order chi connectivity index (χ1) is 15.4. The maximum absolute atomic E-state index is 12.9. The van der Waals surface area contributed by atoms with Gasteiger partial charge in [-0.2, -0.15) is 0 Å². The normalized spacial score (nSPS) is 25.8. The molecule has 2 unspecified atom stereocenters. The second-order valence-electron chi connectivity index (χ2n) is 8.45. The highest BCUT2D eigenvalue weighted by atomic mass is 19.4. The van der Waals surface area contributed by atoms with Crippen molar-refractivity contribution in [2.45, 2.75) is 43.2 Å². The van der Waals surface area contributed by atoms with Gasteiger partial charge in [-0.3, -0.25) is 0 Å². The third-order valence-electron chi connectivity index (χ3n) is 6.43. The number of furan rings is 1. The van der Waals surface area contributed by atoms with E-state index < -0.39 is 12.0 Å². The van der Waals surface area contributed by atoms with Gasteiger partial charge in [0.15, 0.2) is 0 Å². The molecule has 32 heavy (non-hydrogen) atoms. The molecule has 1 aromatic heterocycles. The molecule has 2 aliphatic heterocycles. The fourth-order valence-electron chi connectivity index (χ4n) is 5.14. The Bertz CT molecular complexity index is 1050. The predicted octanol–water partition coefficient (Wildman–Crippen LogP) is 6.21. The third-order valence-corrected chi connectivity index (χ3v) is 6.43. The number of benzene rings is 2. The summed E-state index contributed by atoms with van der Waals surface area (Å²) in [5.41, 5.74) is 2.26. The number of piperidine rings is 1. The lowest BCUT2D eigenvalue weighted by atomic mass is 9.76. The molecule has 2 aromatic carbocycles. The SMILES string of the molecule is FC(F)(F)Oc1ccc(-c2ccco2)c(C2COC3(CCCN[C@H]3c3ccccc3)C2)c1. The molecule has 3 heterocycles. The monoisotopic (exact) mass is 443 g/mol. The molecule has 0 radical (unpaired) electrons. The van der Waals surface area contributed by atoms with Crippen molar-refractivity contribution in [2.24, 2.45) is 0 Å². The van der Waals surface area contributed by atoms with Gasteiger partial charge in [-0.05, 0) is 67.3 Å².